The maximum absolute atomic E-state index is 5.78. The van der Waals surface area contributed by atoms with Gasteiger partial charge in [0.2, 0.25) is 0 Å². The molecular formula is C13H22ClN3. The molecular weight excluding hydrogens is 234 g/mol. The van der Waals surface area contributed by atoms with Gasteiger partial charge in [0.25, 0.3) is 0 Å². The molecule has 0 N–H and O–H groups in total. The average molecular weight is 256 g/mol. The lowest BCUT2D eigenvalue weighted by atomic mass is 10.2. The lowest BCUT2D eigenvalue weighted by Gasteiger charge is -2.23. The van der Waals surface area contributed by atoms with Crippen molar-refractivity contribution < 1.29 is 0 Å². The van der Waals surface area contributed by atoms with Gasteiger partial charge in [0.05, 0.1) is 0 Å². The van der Waals surface area contributed by atoms with E-state index in [1.54, 1.807) is 0 Å². The summed E-state index contributed by atoms with van der Waals surface area (Å²) in [5, 5.41) is 0.559. The van der Waals surface area contributed by atoms with E-state index in [1.165, 1.54) is 12.0 Å². The van der Waals surface area contributed by atoms with Crippen molar-refractivity contribution in [2.24, 2.45) is 0 Å². The van der Waals surface area contributed by atoms with Crippen LogP contribution in [0.5, 0.6) is 0 Å². The molecule has 0 saturated heterocycles. The Balaban J connectivity index is 2.50. The standard InChI is InChI=1S/C13H22ClN3/c1-4-7-17(9-8-16(2)3)11-12-5-6-13(14)15-10-12/h5-6,10H,4,7-9,11H2,1-3H3. The van der Waals surface area contributed by atoms with Gasteiger partial charge in [-0.05, 0) is 38.7 Å². The summed E-state index contributed by atoms with van der Waals surface area (Å²) in [6.45, 7) is 6.45. The van der Waals surface area contributed by atoms with Crippen LogP contribution in [0.2, 0.25) is 5.15 Å². The number of hydrogen-bond acceptors (Lipinski definition) is 3. The fraction of sp³-hybridized carbons (Fsp3) is 0.615. The molecule has 0 aromatic carbocycles. The zero-order valence-electron chi connectivity index (χ0n) is 11.0. The fourth-order valence-electron chi connectivity index (χ4n) is 1.69. The van der Waals surface area contributed by atoms with Crippen LogP contribution in [-0.4, -0.2) is 48.5 Å². The van der Waals surface area contributed by atoms with E-state index in [9.17, 15) is 0 Å². The zero-order chi connectivity index (χ0) is 12.7. The second-order valence-corrected chi connectivity index (χ2v) is 4.96. The van der Waals surface area contributed by atoms with Crippen molar-refractivity contribution in [2.75, 3.05) is 33.7 Å². The molecule has 0 aliphatic carbocycles. The van der Waals surface area contributed by atoms with Crippen LogP contribution in [0.25, 0.3) is 0 Å². The normalized spacial score (nSPS) is 11.4. The Morgan fingerprint density at radius 2 is 1.94 bits per heavy atom. The van der Waals surface area contributed by atoms with E-state index in [2.05, 4.69) is 35.8 Å². The molecule has 0 amide bonds. The highest BCUT2D eigenvalue weighted by Gasteiger charge is 2.05. The van der Waals surface area contributed by atoms with Crippen LogP contribution < -0.4 is 0 Å². The third kappa shape index (κ3) is 6.01. The van der Waals surface area contributed by atoms with Crippen molar-refractivity contribution in [3.63, 3.8) is 0 Å². The van der Waals surface area contributed by atoms with Crippen molar-refractivity contribution in [1.82, 2.24) is 14.8 Å². The molecule has 0 saturated carbocycles. The van der Waals surface area contributed by atoms with Gasteiger partial charge in [0.15, 0.2) is 0 Å². The lowest BCUT2D eigenvalue weighted by molar-refractivity contribution is 0.234. The number of likely N-dealkylation sites (N-methyl/N-ethyl adjacent to an activating group) is 1. The predicted molar refractivity (Wildman–Crippen MR) is 73.4 cm³/mol. The minimum Gasteiger partial charge on any atom is -0.308 e. The monoisotopic (exact) mass is 255 g/mol. The highest BCUT2D eigenvalue weighted by Crippen LogP contribution is 2.08. The molecule has 0 bridgehead atoms. The second kappa shape index (κ2) is 7.64. The molecule has 1 heterocycles. The maximum atomic E-state index is 5.78. The van der Waals surface area contributed by atoms with Crippen molar-refractivity contribution in [2.45, 2.75) is 19.9 Å². The first kappa shape index (κ1) is 14.4. The number of hydrogen-bond donors (Lipinski definition) is 0. The largest absolute Gasteiger partial charge is 0.308 e. The quantitative estimate of drug-likeness (QED) is 0.698. The van der Waals surface area contributed by atoms with Gasteiger partial charge in [-0.2, -0.15) is 0 Å². The molecule has 0 unspecified atom stereocenters. The van der Waals surface area contributed by atoms with Crippen LogP contribution in [0.1, 0.15) is 18.9 Å². The predicted octanol–water partition coefficient (Wildman–Crippen LogP) is 2.51. The van der Waals surface area contributed by atoms with E-state index in [0.717, 1.165) is 26.2 Å². The molecule has 0 fully saturated rings. The first-order valence-corrected chi connectivity index (χ1v) is 6.47. The highest BCUT2D eigenvalue weighted by molar-refractivity contribution is 6.29. The van der Waals surface area contributed by atoms with Crippen LogP contribution in [0.15, 0.2) is 18.3 Å². The van der Waals surface area contributed by atoms with Gasteiger partial charge in [0, 0.05) is 25.8 Å². The number of nitrogens with zero attached hydrogens (tertiary/aromatic N) is 3. The van der Waals surface area contributed by atoms with Crippen LogP contribution in [0.4, 0.5) is 0 Å². The Labute approximate surface area is 109 Å². The first-order valence-electron chi connectivity index (χ1n) is 6.09. The van der Waals surface area contributed by atoms with Gasteiger partial charge in [0.1, 0.15) is 5.15 Å². The van der Waals surface area contributed by atoms with Crippen LogP contribution >= 0.6 is 11.6 Å². The summed E-state index contributed by atoms with van der Waals surface area (Å²) in [6.07, 6.45) is 3.04. The molecule has 1 aromatic rings. The molecule has 17 heavy (non-hydrogen) atoms. The molecule has 0 aliphatic heterocycles. The van der Waals surface area contributed by atoms with Gasteiger partial charge in [-0.15, -0.1) is 0 Å². The van der Waals surface area contributed by atoms with Crippen LogP contribution in [-0.2, 0) is 6.54 Å². The summed E-state index contributed by atoms with van der Waals surface area (Å²) in [4.78, 5) is 8.78. The molecule has 1 rings (SSSR count). The van der Waals surface area contributed by atoms with Crippen molar-refractivity contribution in [1.29, 1.82) is 0 Å². The topological polar surface area (TPSA) is 19.4 Å². The van der Waals surface area contributed by atoms with E-state index in [-0.39, 0.29) is 0 Å². The van der Waals surface area contributed by atoms with E-state index in [1.807, 2.05) is 18.3 Å². The lowest BCUT2D eigenvalue weighted by Crippen LogP contribution is -2.32. The van der Waals surface area contributed by atoms with E-state index < -0.39 is 0 Å². The van der Waals surface area contributed by atoms with Crippen molar-refractivity contribution in [3.05, 3.63) is 29.0 Å². The van der Waals surface area contributed by atoms with E-state index in [0.29, 0.717) is 5.15 Å². The average Bonchev–Trinajstić information content (AvgIpc) is 2.29. The molecule has 4 heteroatoms. The molecule has 0 spiro atoms. The zero-order valence-corrected chi connectivity index (χ0v) is 11.7. The van der Waals surface area contributed by atoms with Crippen LogP contribution in [0, 0.1) is 0 Å². The molecule has 96 valence electrons. The third-order valence-electron chi connectivity index (χ3n) is 2.60. The Morgan fingerprint density at radius 3 is 2.47 bits per heavy atom. The summed E-state index contributed by atoms with van der Waals surface area (Å²) in [5.41, 5.74) is 1.22. The van der Waals surface area contributed by atoms with E-state index >= 15 is 0 Å². The number of pyridine rings is 1. The Kier molecular flexibility index (Phi) is 6.48. The first-order chi connectivity index (χ1) is 8.11. The summed E-state index contributed by atoms with van der Waals surface area (Å²) < 4.78 is 0. The number of halogens is 1. The summed E-state index contributed by atoms with van der Waals surface area (Å²) in [7, 11) is 4.21. The Morgan fingerprint density at radius 1 is 1.18 bits per heavy atom. The number of rotatable bonds is 7. The van der Waals surface area contributed by atoms with Gasteiger partial charge >= 0.3 is 0 Å². The van der Waals surface area contributed by atoms with Gasteiger partial charge in [-0.25, -0.2) is 4.98 Å². The van der Waals surface area contributed by atoms with Gasteiger partial charge in [-0.1, -0.05) is 24.6 Å². The molecule has 0 aliphatic rings. The van der Waals surface area contributed by atoms with Crippen molar-refractivity contribution in [3.8, 4) is 0 Å². The molecule has 0 atom stereocenters. The summed E-state index contributed by atoms with van der Waals surface area (Å²) >= 11 is 5.78. The minimum absolute atomic E-state index is 0.559. The summed E-state index contributed by atoms with van der Waals surface area (Å²) in [5.74, 6) is 0. The third-order valence-corrected chi connectivity index (χ3v) is 2.82. The minimum atomic E-state index is 0.559. The van der Waals surface area contributed by atoms with Crippen molar-refractivity contribution >= 4 is 11.6 Å². The molecule has 0 radical (unpaired) electrons. The number of aromatic nitrogens is 1. The smallest absolute Gasteiger partial charge is 0.129 e. The fourth-order valence-corrected chi connectivity index (χ4v) is 1.80. The van der Waals surface area contributed by atoms with Gasteiger partial charge < -0.3 is 4.90 Å². The Hall–Kier alpha value is -0.640. The highest BCUT2D eigenvalue weighted by atomic mass is 35.5. The second-order valence-electron chi connectivity index (χ2n) is 4.57. The molecule has 3 nitrogen and oxygen atoms in total. The maximum Gasteiger partial charge on any atom is 0.129 e. The van der Waals surface area contributed by atoms with Gasteiger partial charge in [-0.3, -0.25) is 4.90 Å². The summed E-state index contributed by atoms with van der Waals surface area (Å²) in [6, 6.07) is 3.90. The SMILES string of the molecule is CCCN(CCN(C)C)Cc1ccc(Cl)nc1. The van der Waals surface area contributed by atoms with E-state index in [4.69, 9.17) is 11.6 Å². The van der Waals surface area contributed by atoms with Crippen LogP contribution in [0.3, 0.4) is 0 Å². The Bertz CT molecular complexity index is 311. The molecule has 1 aromatic heterocycles.